The summed E-state index contributed by atoms with van der Waals surface area (Å²) in [6.07, 6.45) is 0. The van der Waals surface area contributed by atoms with Crippen LogP contribution in [0.15, 0.2) is 36.4 Å². The summed E-state index contributed by atoms with van der Waals surface area (Å²) in [6.45, 7) is 0. The second-order valence-corrected chi connectivity index (χ2v) is 4.04. The zero-order valence-electron chi connectivity index (χ0n) is 9.35. The third kappa shape index (κ3) is 2.70. The van der Waals surface area contributed by atoms with E-state index in [1.807, 2.05) is 0 Å². The Bertz CT molecular complexity index is 600. The van der Waals surface area contributed by atoms with Gasteiger partial charge < -0.3 is 16.8 Å². The first-order valence-corrected chi connectivity index (χ1v) is 5.53. The van der Waals surface area contributed by atoms with Gasteiger partial charge in [-0.15, -0.1) is 0 Å². The smallest absolute Gasteiger partial charge is 0.267 e. The summed E-state index contributed by atoms with van der Waals surface area (Å²) in [5, 5.41) is 3.49. The Morgan fingerprint density at radius 1 is 1.28 bits per heavy atom. The molecule has 0 fully saturated rings. The lowest BCUT2D eigenvalue weighted by molar-refractivity contribution is 0.0995. The molecule has 0 saturated carbocycles. The van der Waals surface area contributed by atoms with Crippen LogP contribution in [0, 0.1) is 0 Å². The van der Waals surface area contributed by atoms with E-state index in [1.165, 1.54) is 6.07 Å². The maximum atomic E-state index is 11.0. The first-order chi connectivity index (χ1) is 8.56. The van der Waals surface area contributed by atoms with E-state index in [1.54, 1.807) is 30.3 Å². The summed E-state index contributed by atoms with van der Waals surface area (Å²) >= 11 is 6.01. The van der Waals surface area contributed by atoms with Gasteiger partial charge in [-0.1, -0.05) is 17.7 Å². The predicted molar refractivity (Wildman–Crippen MR) is 71.9 cm³/mol. The maximum Gasteiger partial charge on any atom is 0.267 e. The third-order valence-electron chi connectivity index (χ3n) is 2.25. The Morgan fingerprint density at radius 3 is 2.78 bits per heavy atom. The molecule has 0 aliphatic carbocycles. The molecule has 18 heavy (non-hydrogen) atoms. The second-order valence-electron chi connectivity index (χ2n) is 3.64. The second kappa shape index (κ2) is 4.93. The van der Waals surface area contributed by atoms with Crippen molar-refractivity contribution in [3.8, 4) is 0 Å². The number of anilines is 3. The third-order valence-corrected chi connectivity index (χ3v) is 2.58. The van der Waals surface area contributed by atoms with Gasteiger partial charge in [0, 0.05) is 5.69 Å². The average molecular weight is 263 g/mol. The summed E-state index contributed by atoms with van der Waals surface area (Å²) in [5.41, 5.74) is 12.2. The van der Waals surface area contributed by atoms with Crippen molar-refractivity contribution in [2.75, 3.05) is 11.1 Å². The number of hydrogen-bond acceptors (Lipinski definition) is 4. The van der Waals surface area contributed by atoms with Gasteiger partial charge in [0.15, 0.2) is 0 Å². The Labute approximate surface area is 109 Å². The van der Waals surface area contributed by atoms with Crippen molar-refractivity contribution in [3.63, 3.8) is 0 Å². The van der Waals surface area contributed by atoms with E-state index in [9.17, 15) is 4.79 Å². The molecule has 1 amide bonds. The average Bonchev–Trinajstić information content (AvgIpc) is 2.34. The number of nitrogen functional groups attached to an aromatic ring is 1. The number of carbonyl (C=O) groups excluding carboxylic acids is 1. The molecule has 0 atom stereocenters. The molecule has 1 aromatic heterocycles. The van der Waals surface area contributed by atoms with Crippen LogP contribution in [0.3, 0.4) is 0 Å². The van der Waals surface area contributed by atoms with Crippen molar-refractivity contribution in [2.24, 2.45) is 5.73 Å². The number of hydrogen-bond donors (Lipinski definition) is 3. The molecule has 0 aliphatic heterocycles. The van der Waals surface area contributed by atoms with E-state index in [-0.39, 0.29) is 5.69 Å². The van der Waals surface area contributed by atoms with Crippen LogP contribution in [0.2, 0.25) is 5.02 Å². The molecular formula is C12H11ClN4O. The molecule has 0 spiro atoms. The van der Waals surface area contributed by atoms with Crippen LogP contribution in [0.5, 0.6) is 0 Å². The van der Waals surface area contributed by atoms with E-state index in [0.717, 1.165) is 0 Å². The fourth-order valence-corrected chi connectivity index (χ4v) is 1.58. The van der Waals surface area contributed by atoms with Crippen molar-refractivity contribution in [1.82, 2.24) is 4.98 Å². The number of nitrogens with two attached hydrogens (primary N) is 2. The summed E-state index contributed by atoms with van der Waals surface area (Å²) < 4.78 is 0. The lowest BCUT2D eigenvalue weighted by Gasteiger charge is -2.08. The molecule has 5 nitrogen and oxygen atoms in total. The minimum Gasteiger partial charge on any atom is -0.399 e. The van der Waals surface area contributed by atoms with E-state index in [2.05, 4.69) is 10.3 Å². The molecule has 92 valence electrons. The van der Waals surface area contributed by atoms with Crippen LogP contribution >= 0.6 is 11.6 Å². The van der Waals surface area contributed by atoms with Gasteiger partial charge in [-0.3, -0.25) is 4.79 Å². The molecule has 0 bridgehead atoms. The van der Waals surface area contributed by atoms with E-state index < -0.39 is 5.91 Å². The predicted octanol–water partition coefficient (Wildman–Crippen LogP) is 2.16. The molecule has 5 N–H and O–H groups in total. The molecule has 0 radical (unpaired) electrons. The van der Waals surface area contributed by atoms with Crippen molar-refractivity contribution in [3.05, 3.63) is 47.1 Å². The first kappa shape index (κ1) is 12.2. The molecule has 1 aromatic carbocycles. The Hall–Kier alpha value is -2.27. The van der Waals surface area contributed by atoms with Crippen LogP contribution in [0.4, 0.5) is 17.2 Å². The molecule has 0 aliphatic rings. The maximum absolute atomic E-state index is 11.0. The number of amides is 1. The number of nitrogens with zero attached hydrogens (tertiary/aromatic N) is 1. The van der Waals surface area contributed by atoms with Crippen LogP contribution in [-0.4, -0.2) is 10.9 Å². The number of aromatic nitrogens is 1. The van der Waals surface area contributed by atoms with Gasteiger partial charge in [0.2, 0.25) is 0 Å². The quantitative estimate of drug-likeness (QED) is 0.739. The zero-order valence-corrected chi connectivity index (χ0v) is 10.1. The summed E-state index contributed by atoms with van der Waals surface area (Å²) in [5.74, 6) is -0.115. The highest BCUT2D eigenvalue weighted by atomic mass is 35.5. The van der Waals surface area contributed by atoms with Gasteiger partial charge in [0.05, 0.1) is 10.7 Å². The van der Waals surface area contributed by atoms with Gasteiger partial charge in [-0.25, -0.2) is 4.98 Å². The molecular weight excluding hydrogens is 252 g/mol. The van der Waals surface area contributed by atoms with Crippen molar-refractivity contribution < 1.29 is 4.79 Å². The number of halogens is 1. The van der Waals surface area contributed by atoms with Gasteiger partial charge in [0.1, 0.15) is 11.5 Å². The van der Waals surface area contributed by atoms with Crippen molar-refractivity contribution in [2.45, 2.75) is 0 Å². The fraction of sp³-hybridized carbons (Fsp3) is 0. The lowest BCUT2D eigenvalue weighted by atomic mass is 10.2. The van der Waals surface area contributed by atoms with E-state index >= 15 is 0 Å². The Kier molecular flexibility index (Phi) is 3.34. The Balaban J connectivity index is 2.31. The minimum absolute atomic E-state index is 0.181. The lowest BCUT2D eigenvalue weighted by Crippen LogP contribution is -2.13. The number of carbonyl (C=O) groups is 1. The summed E-state index contributed by atoms with van der Waals surface area (Å²) in [6, 6.07) is 9.97. The monoisotopic (exact) mass is 262 g/mol. The van der Waals surface area contributed by atoms with Gasteiger partial charge in [-0.2, -0.15) is 0 Å². The summed E-state index contributed by atoms with van der Waals surface area (Å²) in [4.78, 5) is 15.1. The highest BCUT2D eigenvalue weighted by Gasteiger charge is 2.05. The fourth-order valence-electron chi connectivity index (χ4n) is 1.42. The zero-order chi connectivity index (χ0) is 13.1. The number of primary amides is 1. The van der Waals surface area contributed by atoms with Crippen molar-refractivity contribution in [1.29, 1.82) is 0 Å². The standard InChI is InChI=1S/C12H11ClN4O/c13-8-5-4-7(14)6-10(8)17-11-3-1-2-9(16-11)12(15)18/h1-6H,14H2,(H2,15,18)(H,16,17). The molecule has 2 aromatic rings. The van der Waals surface area contributed by atoms with Crippen LogP contribution in [0.25, 0.3) is 0 Å². The van der Waals surface area contributed by atoms with Gasteiger partial charge in [-0.05, 0) is 30.3 Å². The van der Waals surface area contributed by atoms with Crippen LogP contribution < -0.4 is 16.8 Å². The molecule has 0 unspecified atom stereocenters. The SMILES string of the molecule is NC(=O)c1cccc(Nc2cc(N)ccc2Cl)n1. The van der Waals surface area contributed by atoms with E-state index in [0.29, 0.717) is 22.2 Å². The normalized spacial score (nSPS) is 10.1. The molecule has 0 saturated heterocycles. The Morgan fingerprint density at radius 2 is 2.06 bits per heavy atom. The van der Waals surface area contributed by atoms with Crippen LogP contribution in [0.1, 0.15) is 10.5 Å². The highest BCUT2D eigenvalue weighted by molar-refractivity contribution is 6.33. The largest absolute Gasteiger partial charge is 0.399 e. The first-order valence-electron chi connectivity index (χ1n) is 5.15. The molecule has 1 heterocycles. The van der Waals surface area contributed by atoms with Gasteiger partial charge in [0.25, 0.3) is 5.91 Å². The molecule has 2 rings (SSSR count). The molecule has 6 heteroatoms. The number of nitrogens with one attached hydrogen (secondary N) is 1. The minimum atomic E-state index is -0.586. The highest BCUT2D eigenvalue weighted by Crippen LogP contribution is 2.26. The number of rotatable bonds is 3. The number of benzene rings is 1. The topological polar surface area (TPSA) is 94.0 Å². The van der Waals surface area contributed by atoms with Gasteiger partial charge >= 0.3 is 0 Å². The number of pyridine rings is 1. The van der Waals surface area contributed by atoms with Crippen molar-refractivity contribution >= 4 is 34.7 Å². The van der Waals surface area contributed by atoms with Crippen LogP contribution in [-0.2, 0) is 0 Å². The van der Waals surface area contributed by atoms with E-state index in [4.69, 9.17) is 23.1 Å². The summed E-state index contributed by atoms with van der Waals surface area (Å²) in [7, 11) is 0.